The molecule has 0 spiro atoms. The molecule has 1 rings (SSSR count). The van der Waals surface area contributed by atoms with E-state index in [1.54, 1.807) is 0 Å². The van der Waals surface area contributed by atoms with Crippen molar-refractivity contribution >= 4 is 12.0 Å². The fourth-order valence-electron chi connectivity index (χ4n) is 2.01. The lowest BCUT2D eigenvalue weighted by Gasteiger charge is -2.16. The monoisotopic (exact) mass is 322 g/mol. The lowest BCUT2D eigenvalue weighted by atomic mass is 10.2. The van der Waals surface area contributed by atoms with Crippen LogP contribution in [0.4, 0.5) is 4.79 Å². The van der Waals surface area contributed by atoms with Gasteiger partial charge in [-0.1, -0.05) is 37.3 Å². The molecule has 0 unspecified atom stereocenters. The third kappa shape index (κ3) is 8.21. The van der Waals surface area contributed by atoms with Gasteiger partial charge in [-0.05, 0) is 31.2 Å². The molecule has 0 bridgehead atoms. The minimum atomic E-state index is -0.601. The number of carbonyl (C=O) groups is 2. The predicted octanol–water partition coefficient (Wildman–Crippen LogP) is 1.97. The Bertz CT molecular complexity index is 465. The summed E-state index contributed by atoms with van der Waals surface area (Å²) in [6.07, 6.45) is 2.29. The SMILES string of the molecule is CC[C@H](NC(=O)OCc1ccccc1)C(=O)NCCCCCO. The van der Waals surface area contributed by atoms with Gasteiger partial charge in [0.05, 0.1) is 0 Å². The first kappa shape index (κ1) is 19.0. The molecule has 6 nitrogen and oxygen atoms in total. The Balaban J connectivity index is 2.27. The number of amides is 2. The van der Waals surface area contributed by atoms with E-state index < -0.39 is 12.1 Å². The fourth-order valence-corrected chi connectivity index (χ4v) is 2.01. The lowest BCUT2D eigenvalue weighted by molar-refractivity contribution is -0.123. The second-order valence-electron chi connectivity index (χ2n) is 5.24. The van der Waals surface area contributed by atoms with Crippen LogP contribution in [0.2, 0.25) is 0 Å². The van der Waals surface area contributed by atoms with Crippen LogP contribution in [0.5, 0.6) is 0 Å². The largest absolute Gasteiger partial charge is 0.445 e. The zero-order valence-electron chi connectivity index (χ0n) is 13.6. The number of rotatable bonds is 10. The Kier molecular flexibility index (Phi) is 9.47. The number of aliphatic hydroxyl groups is 1. The van der Waals surface area contributed by atoms with Crippen molar-refractivity contribution in [3.63, 3.8) is 0 Å². The first-order valence-corrected chi connectivity index (χ1v) is 8.03. The minimum absolute atomic E-state index is 0.167. The second kappa shape index (κ2) is 11.5. The molecule has 0 aliphatic heterocycles. The van der Waals surface area contributed by atoms with Gasteiger partial charge < -0.3 is 20.5 Å². The fraction of sp³-hybridized carbons (Fsp3) is 0.529. The van der Waals surface area contributed by atoms with E-state index >= 15 is 0 Å². The van der Waals surface area contributed by atoms with Gasteiger partial charge in [0.25, 0.3) is 0 Å². The predicted molar refractivity (Wildman–Crippen MR) is 87.8 cm³/mol. The normalized spacial score (nSPS) is 11.6. The van der Waals surface area contributed by atoms with Crippen LogP contribution in [-0.2, 0) is 16.1 Å². The molecule has 1 aromatic rings. The van der Waals surface area contributed by atoms with Crippen LogP contribution in [0.3, 0.4) is 0 Å². The van der Waals surface area contributed by atoms with Crippen molar-refractivity contribution in [1.82, 2.24) is 10.6 Å². The van der Waals surface area contributed by atoms with Gasteiger partial charge in [0.2, 0.25) is 5.91 Å². The molecule has 0 aliphatic carbocycles. The summed E-state index contributed by atoms with van der Waals surface area (Å²) in [5, 5.41) is 14.0. The third-order valence-corrected chi connectivity index (χ3v) is 3.36. The van der Waals surface area contributed by atoms with E-state index in [4.69, 9.17) is 9.84 Å². The maximum absolute atomic E-state index is 12.0. The Morgan fingerprint density at radius 3 is 2.57 bits per heavy atom. The third-order valence-electron chi connectivity index (χ3n) is 3.36. The number of aliphatic hydroxyl groups excluding tert-OH is 1. The van der Waals surface area contributed by atoms with Gasteiger partial charge in [-0.2, -0.15) is 0 Å². The van der Waals surface area contributed by atoms with Gasteiger partial charge in [0.15, 0.2) is 0 Å². The van der Waals surface area contributed by atoms with Crippen molar-refractivity contribution in [2.45, 2.75) is 45.3 Å². The quantitative estimate of drug-likeness (QED) is 0.575. The van der Waals surface area contributed by atoms with Crippen LogP contribution in [0.1, 0.15) is 38.2 Å². The van der Waals surface area contributed by atoms with Crippen molar-refractivity contribution in [3.8, 4) is 0 Å². The maximum Gasteiger partial charge on any atom is 0.408 e. The molecule has 0 heterocycles. The highest BCUT2D eigenvalue weighted by Crippen LogP contribution is 2.01. The average Bonchev–Trinajstić information content (AvgIpc) is 2.58. The Morgan fingerprint density at radius 1 is 1.17 bits per heavy atom. The lowest BCUT2D eigenvalue weighted by Crippen LogP contribution is -2.46. The molecule has 0 aromatic heterocycles. The molecule has 128 valence electrons. The smallest absolute Gasteiger partial charge is 0.408 e. The van der Waals surface area contributed by atoms with Crippen molar-refractivity contribution in [2.24, 2.45) is 0 Å². The molecule has 23 heavy (non-hydrogen) atoms. The maximum atomic E-state index is 12.0. The van der Waals surface area contributed by atoms with Crippen molar-refractivity contribution < 1.29 is 19.4 Å². The second-order valence-corrected chi connectivity index (χ2v) is 5.24. The summed E-state index contributed by atoms with van der Waals surface area (Å²) in [5.74, 6) is -0.215. The molecule has 6 heteroatoms. The molecule has 1 atom stereocenters. The molecule has 2 amide bonds. The summed E-state index contributed by atoms with van der Waals surface area (Å²) < 4.78 is 5.11. The molecule has 0 radical (unpaired) electrons. The van der Waals surface area contributed by atoms with Gasteiger partial charge in [0, 0.05) is 13.2 Å². The number of hydrogen-bond donors (Lipinski definition) is 3. The Hall–Kier alpha value is -2.08. The molecule has 0 saturated carbocycles. The van der Waals surface area contributed by atoms with E-state index in [0.717, 1.165) is 24.8 Å². The van der Waals surface area contributed by atoms with Gasteiger partial charge in [-0.25, -0.2) is 4.79 Å². The molecule has 0 fully saturated rings. The number of carbonyl (C=O) groups excluding carboxylic acids is 2. The van der Waals surface area contributed by atoms with E-state index in [0.29, 0.717) is 13.0 Å². The van der Waals surface area contributed by atoms with Gasteiger partial charge >= 0.3 is 6.09 Å². The topological polar surface area (TPSA) is 87.7 Å². The van der Waals surface area contributed by atoms with Gasteiger partial charge in [-0.3, -0.25) is 4.79 Å². The summed E-state index contributed by atoms with van der Waals surface area (Å²) >= 11 is 0. The number of nitrogens with one attached hydrogen (secondary N) is 2. The van der Waals surface area contributed by atoms with Crippen molar-refractivity contribution in [1.29, 1.82) is 0 Å². The van der Waals surface area contributed by atoms with Crippen LogP contribution in [0.25, 0.3) is 0 Å². The van der Waals surface area contributed by atoms with Crippen LogP contribution < -0.4 is 10.6 Å². The highest BCUT2D eigenvalue weighted by Gasteiger charge is 2.18. The number of unbranched alkanes of at least 4 members (excludes halogenated alkanes) is 2. The summed E-state index contributed by atoms with van der Waals surface area (Å²) in [5.41, 5.74) is 0.893. The van der Waals surface area contributed by atoms with Gasteiger partial charge in [-0.15, -0.1) is 0 Å². The van der Waals surface area contributed by atoms with E-state index in [9.17, 15) is 9.59 Å². The zero-order chi connectivity index (χ0) is 16.9. The van der Waals surface area contributed by atoms with Crippen LogP contribution in [-0.4, -0.2) is 36.3 Å². The molecule has 0 aliphatic rings. The molecule has 1 aromatic carbocycles. The Morgan fingerprint density at radius 2 is 1.91 bits per heavy atom. The summed E-state index contributed by atoms with van der Waals surface area (Å²) in [6, 6.07) is 8.76. The highest BCUT2D eigenvalue weighted by molar-refractivity contribution is 5.85. The highest BCUT2D eigenvalue weighted by atomic mass is 16.5. The summed E-state index contributed by atoms with van der Waals surface area (Å²) in [6.45, 7) is 2.70. The van der Waals surface area contributed by atoms with Crippen molar-refractivity contribution in [2.75, 3.05) is 13.2 Å². The number of benzene rings is 1. The summed E-state index contributed by atoms with van der Waals surface area (Å²) in [7, 11) is 0. The van der Waals surface area contributed by atoms with Crippen molar-refractivity contribution in [3.05, 3.63) is 35.9 Å². The summed E-state index contributed by atoms with van der Waals surface area (Å²) in [4.78, 5) is 23.8. The number of hydrogen-bond acceptors (Lipinski definition) is 4. The molecule has 0 saturated heterocycles. The number of ether oxygens (including phenoxy) is 1. The van der Waals surface area contributed by atoms with Crippen LogP contribution in [0, 0.1) is 0 Å². The molecular weight excluding hydrogens is 296 g/mol. The number of alkyl carbamates (subject to hydrolysis) is 1. The van der Waals surface area contributed by atoms with Gasteiger partial charge in [0.1, 0.15) is 12.6 Å². The van der Waals surface area contributed by atoms with E-state index in [2.05, 4.69) is 10.6 Å². The first-order chi connectivity index (χ1) is 11.2. The first-order valence-electron chi connectivity index (χ1n) is 8.03. The van der Waals surface area contributed by atoms with E-state index in [-0.39, 0.29) is 19.1 Å². The standard InChI is InChI=1S/C17H26N2O4/c1-2-15(16(21)18-11-7-4-8-12-20)19-17(22)23-13-14-9-5-3-6-10-14/h3,5-6,9-10,15,20H,2,4,7-8,11-13H2,1H3,(H,18,21)(H,19,22)/t15-/m0/s1. The minimum Gasteiger partial charge on any atom is -0.445 e. The van der Waals surface area contributed by atoms with Crippen LogP contribution >= 0.6 is 0 Å². The van der Waals surface area contributed by atoms with E-state index in [1.165, 1.54) is 0 Å². The molecule has 3 N–H and O–H groups in total. The van der Waals surface area contributed by atoms with E-state index in [1.807, 2.05) is 37.3 Å². The zero-order valence-corrected chi connectivity index (χ0v) is 13.6. The average molecular weight is 322 g/mol. The molecular formula is C17H26N2O4. The Labute approximate surface area is 137 Å². The van der Waals surface area contributed by atoms with Crippen LogP contribution in [0.15, 0.2) is 30.3 Å².